The Morgan fingerprint density at radius 2 is 2.25 bits per heavy atom. The summed E-state index contributed by atoms with van der Waals surface area (Å²) in [6, 6.07) is 5.03. The van der Waals surface area contributed by atoms with Gasteiger partial charge in [0.15, 0.2) is 0 Å². The summed E-state index contributed by atoms with van der Waals surface area (Å²) in [4.78, 5) is 17.7. The molecule has 5 heteroatoms. The van der Waals surface area contributed by atoms with Crippen LogP contribution in [0.4, 0.5) is 5.69 Å². The van der Waals surface area contributed by atoms with Crippen LogP contribution < -0.4 is 16.0 Å². The molecular weight excluding hydrogens is 252 g/mol. The Hall–Kier alpha value is -1.62. The highest BCUT2D eigenvalue weighted by Gasteiger charge is 2.26. The highest BCUT2D eigenvalue weighted by Crippen LogP contribution is 2.26. The van der Waals surface area contributed by atoms with Gasteiger partial charge in [0.05, 0.1) is 0 Å². The summed E-state index contributed by atoms with van der Waals surface area (Å²) in [5.41, 5.74) is 6.74. The van der Waals surface area contributed by atoms with Crippen molar-refractivity contribution in [1.82, 2.24) is 10.3 Å². The number of piperidine rings is 1. The minimum atomic E-state index is -0.462. The lowest BCUT2D eigenvalue weighted by Gasteiger charge is -2.38. The van der Waals surface area contributed by atoms with Crippen molar-refractivity contribution in [1.29, 1.82) is 0 Å². The molecule has 3 N–H and O–H groups in total. The number of hydrogen-bond donors (Lipinski definition) is 2. The molecule has 1 atom stereocenters. The molecule has 1 saturated heterocycles. The molecule has 1 aromatic rings. The molecule has 2 fully saturated rings. The maximum atomic E-state index is 11.3. The molecule has 1 saturated carbocycles. The van der Waals surface area contributed by atoms with E-state index in [0.717, 1.165) is 24.8 Å². The number of hydrogen-bond acceptors (Lipinski definition) is 4. The van der Waals surface area contributed by atoms with Crippen molar-refractivity contribution >= 4 is 11.6 Å². The van der Waals surface area contributed by atoms with Gasteiger partial charge in [-0.05, 0) is 44.2 Å². The predicted octanol–water partition coefficient (Wildman–Crippen LogP) is 1.29. The van der Waals surface area contributed by atoms with Gasteiger partial charge in [0, 0.05) is 37.1 Å². The van der Waals surface area contributed by atoms with Crippen molar-refractivity contribution in [3.63, 3.8) is 0 Å². The summed E-state index contributed by atoms with van der Waals surface area (Å²) in [5.74, 6) is -0.462. The second-order valence-electron chi connectivity index (χ2n) is 5.79. The molecule has 108 valence electrons. The predicted molar refractivity (Wildman–Crippen MR) is 78.8 cm³/mol. The summed E-state index contributed by atoms with van der Waals surface area (Å²) in [7, 11) is 0. The number of nitrogens with one attached hydrogen (secondary N) is 1. The largest absolute Gasteiger partial charge is 0.367 e. The number of nitrogens with zero attached hydrogens (tertiary/aromatic N) is 2. The van der Waals surface area contributed by atoms with Crippen molar-refractivity contribution in [3.8, 4) is 0 Å². The molecule has 1 aliphatic heterocycles. The van der Waals surface area contributed by atoms with E-state index in [-0.39, 0.29) is 0 Å². The maximum absolute atomic E-state index is 11.3. The molecule has 1 aliphatic carbocycles. The van der Waals surface area contributed by atoms with Gasteiger partial charge >= 0.3 is 0 Å². The van der Waals surface area contributed by atoms with Gasteiger partial charge in [0.2, 0.25) is 0 Å². The van der Waals surface area contributed by atoms with E-state index in [1.54, 1.807) is 6.20 Å². The first-order valence-corrected chi connectivity index (χ1v) is 7.50. The molecule has 0 aromatic carbocycles. The first-order valence-electron chi connectivity index (χ1n) is 7.50. The summed E-state index contributed by atoms with van der Waals surface area (Å²) in [6.07, 6.45) is 7.99. The number of primary amides is 1. The van der Waals surface area contributed by atoms with E-state index in [4.69, 9.17) is 5.73 Å². The van der Waals surface area contributed by atoms with Crippen LogP contribution >= 0.6 is 0 Å². The van der Waals surface area contributed by atoms with Gasteiger partial charge in [0.1, 0.15) is 5.69 Å². The van der Waals surface area contributed by atoms with E-state index in [0.29, 0.717) is 11.7 Å². The van der Waals surface area contributed by atoms with Gasteiger partial charge < -0.3 is 16.0 Å². The van der Waals surface area contributed by atoms with E-state index < -0.39 is 5.91 Å². The molecule has 1 aromatic heterocycles. The van der Waals surface area contributed by atoms with Crippen LogP contribution in [0.2, 0.25) is 0 Å². The fraction of sp³-hybridized carbons (Fsp3) is 0.600. The Labute approximate surface area is 119 Å². The van der Waals surface area contributed by atoms with Crippen molar-refractivity contribution < 1.29 is 4.79 Å². The number of nitrogens with two attached hydrogens (primary N) is 1. The van der Waals surface area contributed by atoms with Crippen molar-refractivity contribution in [2.24, 2.45) is 5.73 Å². The monoisotopic (exact) mass is 274 g/mol. The van der Waals surface area contributed by atoms with Gasteiger partial charge in [-0.25, -0.2) is 0 Å². The molecule has 1 unspecified atom stereocenters. The molecule has 20 heavy (non-hydrogen) atoms. The summed E-state index contributed by atoms with van der Waals surface area (Å²) in [6.45, 7) is 2.07. The Bertz CT molecular complexity index is 487. The van der Waals surface area contributed by atoms with Gasteiger partial charge in [0.25, 0.3) is 5.91 Å². The fourth-order valence-corrected chi connectivity index (χ4v) is 2.88. The fourth-order valence-electron chi connectivity index (χ4n) is 2.88. The van der Waals surface area contributed by atoms with Gasteiger partial charge in [-0.2, -0.15) is 0 Å². The number of rotatable bonds is 5. The quantitative estimate of drug-likeness (QED) is 0.849. The van der Waals surface area contributed by atoms with E-state index >= 15 is 0 Å². The summed E-state index contributed by atoms with van der Waals surface area (Å²) >= 11 is 0. The standard InChI is InChI=1S/C15H22N4O/c16-15(20)14-9-12(6-7-17-14)19-8-2-1-3-13(19)10-18-11-4-5-11/h6-7,9,11,13,18H,1-5,8,10H2,(H2,16,20). The number of carbonyl (C=O) groups is 1. The Kier molecular flexibility index (Phi) is 3.87. The number of aromatic nitrogens is 1. The van der Waals surface area contributed by atoms with E-state index in [1.165, 1.54) is 32.1 Å². The van der Waals surface area contributed by atoms with Crippen LogP contribution in [0.15, 0.2) is 18.3 Å². The maximum Gasteiger partial charge on any atom is 0.267 e. The summed E-state index contributed by atoms with van der Waals surface area (Å²) < 4.78 is 0. The number of anilines is 1. The van der Waals surface area contributed by atoms with Crippen molar-refractivity contribution in [2.45, 2.75) is 44.2 Å². The van der Waals surface area contributed by atoms with Crippen LogP contribution in [0, 0.1) is 0 Å². The zero-order valence-electron chi connectivity index (χ0n) is 11.7. The van der Waals surface area contributed by atoms with Crippen molar-refractivity contribution in [2.75, 3.05) is 18.0 Å². The van der Waals surface area contributed by atoms with Crippen LogP contribution in [0.5, 0.6) is 0 Å². The zero-order valence-corrected chi connectivity index (χ0v) is 11.7. The minimum absolute atomic E-state index is 0.349. The topological polar surface area (TPSA) is 71.2 Å². The lowest BCUT2D eigenvalue weighted by molar-refractivity contribution is 0.0995. The Balaban J connectivity index is 1.73. The highest BCUT2D eigenvalue weighted by atomic mass is 16.1. The third-order valence-electron chi connectivity index (χ3n) is 4.17. The van der Waals surface area contributed by atoms with Crippen LogP contribution in [-0.4, -0.2) is 36.1 Å². The lowest BCUT2D eigenvalue weighted by atomic mass is 10.0. The molecule has 0 spiro atoms. The Morgan fingerprint density at radius 3 is 3.00 bits per heavy atom. The van der Waals surface area contributed by atoms with Crippen LogP contribution in [0.25, 0.3) is 0 Å². The third-order valence-corrected chi connectivity index (χ3v) is 4.17. The highest BCUT2D eigenvalue weighted by molar-refractivity contribution is 5.91. The molecular formula is C15H22N4O. The molecule has 1 amide bonds. The average Bonchev–Trinajstić information content (AvgIpc) is 3.30. The first kappa shape index (κ1) is 13.4. The number of carbonyl (C=O) groups excluding carboxylic acids is 1. The number of pyridine rings is 1. The van der Waals surface area contributed by atoms with Gasteiger partial charge in [-0.1, -0.05) is 0 Å². The van der Waals surface area contributed by atoms with Crippen molar-refractivity contribution in [3.05, 3.63) is 24.0 Å². The van der Waals surface area contributed by atoms with Crippen LogP contribution in [-0.2, 0) is 0 Å². The molecule has 3 rings (SSSR count). The summed E-state index contributed by atoms with van der Waals surface area (Å²) in [5, 5.41) is 3.61. The second-order valence-corrected chi connectivity index (χ2v) is 5.79. The van der Waals surface area contributed by atoms with Gasteiger partial charge in [-0.15, -0.1) is 0 Å². The minimum Gasteiger partial charge on any atom is -0.367 e. The van der Waals surface area contributed by atoms with Crippen LogP contribution in [0.1, 0.15) is 42.6 Å². The SMILES string of the molecule is NC(=O)c1cc(N2CCCCC2CNC2CC2)ccn1. The zero-order chi connectivity index (χ0) is 13.9. The molecule has 0 bridgehead atoms. The van der Waals surface area contributed by atoms with Crippen LogP contribution in [0.3, 0.4) is 0 Å². The van der Waals surface area contributed by atoms with E-state index in [9.17, 15) is 4.79 Å². The molecule has 5 nitrogen and oxygen atoms in total. The first-order chi connectivity index (χ1) is 9.74. The second kappa shape index (κ2) is 5.79. The molecule has 0 radical (unpaired) electrons. The Morgan fingerprint density at radius 1 is 1.40 bits per heavy atom. The molecule has 2 heterocycles. The number of amides is 1. The van der Waals surface area contributed by atoms with E-state index in [2.05, 4.69) is 15.2 Å². The smallest absolute Gasteiger partial charge is 0.267 e. The average molecular weight is 274 g/mol. The van der Waals surface area contributed by atoms with Gasteiger partial charge in [-0.3, -0.25) is 9.78 Å². The molecule has 2 aliphatic rings. The third kappa shape index (κ3) is 3.10. The normalized spacial score (nSPS) is 22.8. The lowest BCUT2D eigenvalue weighted by Crippen LogP contribution is -2.46. The van der Waals surface area contributed by atoms with E-state index in [1.807, 2.05) is 12.1 Å².